The van der Waals surface area contributed by atoms with Crippen LogP contribution in [0.4, 0.5) is 0 Å². The molecule has 0 fully saturated rings. The van der Waals surface area contributed by atoms with Crippen LogP contribution in [-0.2, 0) is 0 Å². The van der Waals surface area contributed by atoms with Crippen LogP contribution in [0.3, 0.4) is 0 Å². The molecule has 3 rings (SSSR count). The van der Waals surface area contributed by atoms with E-state index in [2.05, 4.69) is 20.3 Å². The Morgan fingerprint density at radius 1 is 0.889 bits per heavy atom. The summed E-state index contributed by atoms with van der Waals surface area (Å²) in [7, 11) is 0. The molecule has 0 aromatic carbocycles. The van der Waals surface area contributed by atoms with Gasteiger partial charge in [0.05, 0.1) is 0 Å². The van der Waals surface area contributed by atoms with Crippen molar-refractivity contribution in [1.29, 1.82) is 0 Å². The SMILES string of the molecule is c1ccc(-n2cc[nH]n(-c3ccccn3)[nH]2)nc1. The number of pyridine rings is 2. The highest BCUT2D eigenvalue weighted by Crippen LogP contribution is 2.01. The molecule has 0 radical (unpaired) electrons. The van der Waals surface area contributed by atoms with Crippen LogP contribution in [0, 0.1) is 0 Å². The smallest absolute Gasteiger partial charge is 0.171 e. The fraction of sp³-hybridized carbons (Fsp3) is 0. The van der Waals surface area contributed by atoms with Gasteiger partial charge < -0.3 is 0 Å². The maximum absolute atomic E-state index is 4.27. The summed E-state index contributed by atoms with van der Waals surface area (Å²) in [5.41, 5.74) is 0. The van der Waals surface area contributed by atoms with E-state index < -0.39 is 0 Å². The predicted molar refractivity (Wildman–Crippen MR) is 67.0 cm³/mol. The van der Waals surface area contributed by atoms with Crippen LogP contribution in [-0.4, -0.2) is 29.8 Å². The maximum Gasteiger partial charge on any atom is 0.171 e. The zero-order chi connectivity index (χ0) is 12.2. The van der Waals surface area contributed by atoms with Crippen LogP contribution in [0.1, 0.15) is 0 Å². The summed E-state index contributed by atoms with van der Waals surface area (Å²) in [5, 5.41) is 6.17. The standard InChI is InChI=1S/C12H12N6/c1-3-7-13-11(5-1)17-10-9-15-18(16-17)12-6-2-4-8-14-12/h1-10,15-16H. The second-order valence-electron chi connectivity index (χ2n) is 3.63. The van der Waals surface area contributed by atoms with Gasteiger partial charge in [-0.05, 0) is 24.3 Å². The highest BCUT2D eigenvalue weighted by atomic mass is 15.6. The van der Waals surface area contributed by atoms with Gasteiger partial charge in [-0.3, -0.25) is 5.10 Å². The van der Waals surface area contributed by atoms with Gasteiger partial charge in [-0.15, -0.1) is 0 Å². The minimum Gasteiger partial charge on any atom is -0.283 e. The lowest BCUT2D eigenvalue weighted by atomic mass is 10.5. The van der Waals surface area contributed by atoms with Gasteiger partial charge in [0.25, 0.3) is 0 Å². The third-order valence-corrected chi connectivity index (χ3v) is 2.41. The van der Waals surface area contributed by atoms with Crippen LogP contribution in [0.2, 0.25) is 0 Å². The van der Waals surface area contributed by atoms with Crippen LogP contribution in [0.5, 0.6) is 0 Å². The van der Waals surface area contributed by atoms with Crippen molar-refractivity contribution in [2.45, 2.75) is 0 Å². The molecule has 2 N–H and O–H groups in total. The van der Waals surface area contributed by atoms with Gasteiger partial charge in [0.2, 0.25) is 0 Å². The average Bonchev–Trinajstić information content (AvgIpc) is 2.49. The number of nitrogens with one attached hydrogen (secondary N) is 2. The summed E-state index contributed by atoms with van der Waals surface area (Å²) in [6.07, 6.45) is 7.14. The van der Waals surface area contributed by atoms with Gasteiger partial charge in [0.1, 0.15) is 0 Å². The number of hydrogen-bond acceptors (Lipinski definition) is 2. The lowest BCUT2D eigenvalue weighted by Gasteiger charge is -2.11. The number of aromatic nitrogens is 6. The highest BCUT2D eigenvalue weighted by Gasteiger charge is 1.97. The molecule has 90 valence electrons. The van der Waals surface area contributed by atoms with Crippen molar-refractivity contribution in [3.8, 4) is 11.6 Å². The van der Waals surface area contributed by atoms with Crippen molar-refractivity contribution >= 4 is 0 Å². The van der Waals surface area contributed by atoms with E-state index in [1.165, 1.54) is 0 Å². The quantitative estimate of drug-likeness (QED) is 0.717. The van der Waals surface area contributed by atoms with Gasteiger partial charge in [-0.25, -0.2) is 19.9 Å². The van der Waals surface area contributed by atoms with E-state index >= 15 is 0 Å². The van der Waals surface area contributed by atoms with Gasteiger partial charge >= 0.3 is 0 Å². The van der Waals surface area contributed by atoms with E-state index in [0.717, 1.165) is 11.6 Å². The molecule has 0 spiro atoms. The van der Waals surface area contributed by atoms with Crippen LogP contribution < -0.4 is 0 Å². The third kappa shape index (κ3) is 2.03. The largest absolute Gasteiger partial charge is 0.283 e. The Balaban J connectivity index is 2.05. The fourth-order valence-corrected chi connectivity index (χ4v) is 1.58. The van der Waals surface area contributed by atoms with Crippen LogP contribution in [0.15, 0.2) is 61.2 Å². The predicted octanol–water partition coefficient (Wildman–Crippen LogP) is 1.84. The first kappa shape index (κ1) is 10.4. The molecule has 0 saturated heterocycles. The molecule has 0 aliphatic rings. The molecular weight excluding hydrogens is 228 g/mol. The van der Waals surface area contributed by atoms with Gasteiger partial charge in [0, 0.05) is 24.8 Å². The zero-order valence-electron chi connectivity index (χ0n) is 9.56. The molecule has 6 heteroatoms. The number of rotatable bonds is 2. The molecule has 6 nitrogen and oxygen atoms in total. The summed E-state index contributed by atoms with van der Waals surface area (Å²) in [5.74, 6) is 1.57. The number of H-pyrrole nitrogens is 2. The second kappa shape index (κ2) is 4.62. The molecule has 0 unspecified atom stereocenters. The molecule has 0 aliphatic carbocycles. The average molecular weight is 240 g/mol. The highest BCUT2D eigenvalue weighted by molar-refractivity contribution is 5.20. The molecule has 3 aromatic rings. The van der Waals surface area contributed by atoms with Gasteiger partial charge in [-0.1, -0.05) is 12.1 Å². The minimum absolute atomic E-state index is 0.766. The van der Waals surface area contributed by atoms with Gasteiger partial charge in [-0.2, -0.15) is 4.80 Å². The van der Waals surface area contributed by atoms with E-state index in [1.807, 2.05) is 42.6 Å². The lowest BCUT2D eigenvalue weighted by molar-refractivity contribution is 0.566. The van der Waals surface area contributed by atoms with Crippen molar-refractivity contribution in [3.05, 3.63) is 61.2 Å². The molecule has 18 heavy (non-hydrogen) atoms. The number of nitrogens with zero attached hydrogens (tertiary/aromatic N) is 4. The lowest BCUT2D eigenvalue weighted by Crippen LogP contribution is -2.14. The van der Waals surface area contributed by atoms with E-state index in [0.29, 0.717) is 0 Å². The van der Waals surface area contributed by atoms with E-state index in [9.17, 15) is 0 Å². The van der Waals surface area contributed by atoms with Crippen molar-refractivity contribution < 1.29 is 0 Å². The fourth-order valence-electron chi connectivity index (χ4n) is 1.58. The van der Waals surface area contributed by atoms with Crippen molar-refractivity contribution in [2.24, 2.45) is 0 Å². The van der Waals surface area contributed by atoms with E-state index in [1.54, 1.807) is 28.1 Å². The van der Waals surface area contributed by atoms with E-state index in [-0.39, 0.29) is 0 Å². The number of hydrogen-bond donors (Lipinski definition) is 2. The first-order valence-electron chi connectivity index (χ1n) is 5.54. The molecule has 3 aromatic heterocycles. The molecule has 0 aliphatic heterocycles. The Labute approximate surface area is 103 Å². The molecule has 0 bridgehead atoms. The van der Waals surface area contributed by atoms with Gasteiger partial charge in [0.15, 0.2) is 11.6 Å². The Bertz CT molecular complexity index is 586. The van der Waals surface area contributed by atoms with Crippen molar-refractivity contribution in [3.63, 3.8) is 0 Å². The summed E-state index contributed by atoms with van der Waals surface area (Å²) in [6.45, 7) is 0. The Morgan fingerprint density at radius 3 is 2.28 bits per heavy atom. The minimum atomic E-state index is 0.766. The summed E-state index contributed by atoms with van der Waals surface area (Å²) in [6, 6.07) is 11.4. The van der Waals surface area contributed by atoms with E-state index in [4.69, 9.17) is 0 Å². The zero-order valence-corrected chi connectivity index (χ0v) is 9.56. The first-order valence-corrected chi connectivity index (χ1v) is 5.54. The topological polar surface area (TPSA) is 67.2 Å². The Morgan fingerprint density at radius 2 is 1.61 bits per heavy atom. The van der Waals surface area contributed by atoms with Crippen LogP contribution in [0.25, 0.3) is 11.6 Å². The molecular formula is C12H12N6. The van der Waals surface area contributed by atoms with Crippen molar-refractivity contribution in [2.75, 3.05) is 0 Å². The molecule has 0 amide bonds. The second-order valence-corrected chi connectivity index (χ2v) is 3.63. The van der Waals surface area contributed by atoms with Crippen LogP contribution >= 0.6 is 0 Å². The summed E-state index contributed by atoms with van der Waals surface area (Å²) in [4.78, 5) is 10.2. The third-order valence-electron chi connectivity index (χ3n) is 2.41. The Hall–Kier alpha value is -2.76. The normalized spacial score (nSPS) is 10.2. The maximum atomic E-state index is 4.27. The first-order chi connectivity index (χ1) is 8.93. The molecule has 0 atom stereocenters. The number of aromatic amines is 2. The Kier molecular flexibility index (Phi) is 2.67. The molecule has 0 saturated carbocycles. The van der Waals surface area contributed by atoms with Crippen molar-refractivity contribution in [1.82, 2.24) is 29.8 Å². The summed E-state index contributed by atoms with van der Waals surface area (Å²) >= 11 is 0. The monoisotopic (exact) mass is 240 g/mol. The molecule has 3 heterocycles. The summed E-state index contributed by atoms with van der Waals surface area (Å²) < 4.78 is 1.80.